The summed E-state index contributed by atoms with van der Waals surface area (Å²) in [5.41, 5.74) is 0.788. The summed E-state index contributed by atoms with van der Waals surface area (Å²) in [5.74, 6) is 0. The molecule has 0 N–H and O–H groups in total. The van der Waals surface area contributed by atoms with Gasteiger partial charge in [0.15, 0.2) is 5.65 Å². The lowest BCUT2D eigenvalue weighted by Crippen LogP contribution is -1.92. The molecule has 2 aromatic rings. The molecule has 0 spiro atoms. The minimum atomic E-state index is 0.463. The number of hydrogen-bond donors (Lipinski definition) is 0. The smallest absolute Gasteiger partial charge is 0.156 e. The lowest BCUT2D eigenvalue weighted by Gasteiger charge is -1.92. The van der Waals surface area contributed by atoms with Crippen molar-refractivity contribution in [1.29, 1.82) is 0 Å². The van der Waals surface area contributed by atoms with Crippen molar-refractivity contribution in [3.05, 3.63) is 25.6 Å². The number of fused-ring (bicyclic) bond motifs is 1. The summed E-state index contributed by atoms with van der Waals surface area (Å²) in [6.07, 6.45) is 0. The van der Waals surface area contributed by atoms with Crippen LogP contribution in [0, 0.1) is 3.70 Å². The fraction of sp³-hybridized carbons (Fsp3) is 0. The normalized spacial score (nSPS) is 10.9. The first kappa shape index (κ1) is 8.71. The van der Waals surface area contributed by atoms with E-state index in [-0.39, 0.29) is 0 Å². The van der Waals surface area contributed by atoms with Gasteiger partial charge < -0.3 is 0 Å². The van der Waals surface area contributed by atoms with Gasteiger partial charge in [0, 0.05) is 0 Å². The predicted molar refractivity (Wildman–Crippen MR) is 58.4 cm³/mol. The molecule has 62 valence electrons. The topological polar surface area (TPSA) is 30.2 Å². The van der Waals surface area contributed by atoms with Crippen molar-refractivity contribution in [2.45, 2.75) is 0 Å². The van der Waals surface area contributed by atoms with Crippen LogP contribution in [0.15, 0.2) is 16.7 Å². The zero-order chi connectivity index (χ0) is 8.72. The van der Waals surface area contributed by atoms with Gasteiger partial charge in [-0.05, 0) is 50.7 Å². The molecule has 0 fully saturated rings. The third-order valence-corrected chi connectivity index (χ3v) is 3.81. The highest BCUT2D eigenvalue weighted by molar-refractivity contribution is 14.1. The maximum atomic E-state index is 5.72. The van der Waals surface area contributed by atoms with Gasteiger partial charge in [-0.1, -0.05) is 11.6 Å². The largest absolute Gasteiger partial charge is 0.219 e. The Labute approximate surface area is 95.4 Å². The summed E-state index contributed by atoms with van der Waals surface area (Å²) in [6, 6.07) is 3.54. The quantitative estimate of drug-likeness (QED) is 0.678. The Morgan fingerprint density at radius 2 is 2.25 bits per heavy atom. The second-order valence-electron chi connectivity index (χ2n) is 2.12. The second kappa shape index (κ2) is 3.12. The molecule has 2 aromatic heterocycles. The Morgan fingerprint density at radius 1 is 1.50 bits per heavy atom. The molecule has 0 aliphatic heterocycles. The van der Waals surface area contributed by atoms with Crippen LogP contribution in [0.3, 0.4) is 0 Å². The first-order valence-electron chi connectivity index (χ1n) is 3.05. The number of halogens is 3. The van der Waals surface area contributed by atoms with Crippen LogP contribution in [0.2, 0.25) is 5.15 Å². The van der Waals surface area contributed by atoms with E-state index in [1.54, 1.807) is 10.6 Å². The third kappa shape index (κ3) is 1.33. The molecule has 2 rings (SSSR count). The summed E-state index contributed by atoms with van der Waals surface area (Å²) in [4.78, 5) is 4.20. The van der Waals surface area contributed by atoms with Gasteiger partial charge in [0.2, 0.25) is 0 Å². The van der Waals surface area contributed by atoms with Gasteiger partial charge in [0.05, 0.1) is 0 Å². The first-order chi connectivity index (χ1) is 5.68. The molecule has 0 aliphatic carbocycles. The highest BCUT2D eigenvalue weighted by atomic mass is 127. The van der Waals surface area contributed by atoms with E-state index in [9.17, 15) is 0 Å². The van der Waals surface area contributed by atoms with Crippen molar-refractivity contribution in [2.75, 3.05) is 0 Å². The fourth-order valence-electron chi connectivity index (χ4n) is 0.857. The standard InChI is InChI=1S/C6H2BrClIN3/c7-5-6(9)12-4(10-5)2-1-3(8)11-12/h1-2H. The van der Waals surface area contributed by atoms with Gasteiger partial charge in [-0.2, -0.15) is 5.10 Å². The molecule has 6 heteroatoms. The van der Waals surface area contributed by atoms with E-state index >= 15 is 0 Å². The average Bonchev–Trinajstić information content (AvgIpc) is 2.31. The van der Waals surface area contributed by atoms with Crippen molar-refractivity contribution >= 4 is 55.8 Å². The highest BCUT2D eigenvalue weighted by Gasteiger charge is 2.07. The van der Waals surface area contributed by atoms with Crippen molar-refractivity contribution in [3.8, 4) is 0 Å². The van der Waals surface area contributed by atoms with Crippen LogP contribution in [0.25, 0.3) is 5.65 Å². The molecule has 0 bridgehead atoms. The maximum absolute atomic E-state index is 5.72. The van der Waals surface area contributed by atoms with Crippen molar-refractivity contribution in [3.63, 3.8) is 0 Å². The fourth-order valence-corrected chi connectivity index (χ4v) is 1.82. The minimum Gasteiger partial charge on any atom is -0.219 e. The number of nitrogens with zero attached hydrogens (tertiary/aromatic N) is 3. The molecule has 12 heavy (non-hydrogen) atoms. The lowest BCUT2D eigenvalue weighted by atomic mass is 10.6. The number of imidazole rings is 1. The molecular weight excluding hydrogens is 356 g/mol. The number of hydrogen-bond acceptors (Lipinski definition) is 2. The maximum Gasteiger partial charge on any atom is 0.156 e. The van der Waals surface area contributed by atoms with E-state index in [2.05, 4.69) is 48.6 Å². The van der Waals surface area contributed by atoms with Crippen molar-refractivity contribution in [1.82, 2.24) is 14.6 Å². The Hall–Kier alpha value is 0.120. The Balaban J connectivity index is 2.88. The molecule has 0 saturated carbocycles. The molecule has 0 radical (unpaired) electrons. The van der Waals surface area contributed by atoms with Gasteiger partial charge in [-0.3, -0.25) is 0 Å². The van der Waals surface area contributed by atoms with Crippen molar-refractivity contribution in [2.24, 2.45) is 0 Å². The molecule has 0 amide bonds. The highest BCUT2D eigenvalue weighted by Crippen LogP contribution is 2.19. The van der Waals surface area contributed by atoms with Gasteiger partial charge >= 0.3 is 0 Å². The van der Waals surface area contributed by atoms with Crippen molar-refractivity contribution < 1.29 is 0 Å². The molecule has 0 atom stereocenters. The summed E-state index contributed by atoms with van der Waals surface area (Å²) in [6.45, 7) is 0. The lowest BCUT2D eigenvalue weighted by molar-refractivity contribution is 0.912. The van der Waals surface area contributed by atoms with Crippen LogP contribution in [0.5, 0.6) is 0 Å². The van der Waals surface area contributed by atoms with Crippen LogP contribution in [-0.2, 0) is 0 Å². The van der Waals surface area contributed by atoms with E-state index < -0.39 is 0 Å². The van der Waals surface area contributed by atoms with E-state index in [4.69, 9.17) is 11.6 Å². The predicted octanol–water partition coefficient (Wildman–Crippen LogP) is 2.75. The van der Waals surface area contributed by atoms with Crippen LogP contribution < -0.4 is 0 Å². The van der Waals surface area contributed by atoms with Gasteiger partial charge in [-0.15, -0.1) is 0 Å². The molecule has 0 unspecified atom stereocenters. The monoisotopic (exact) mass is 357 g/mol. The van der Waals surface area contributed by atoms with Crippen LogP contribution in [0.1, 0.15) is 0 Å². The molecule has 0 aromatic carbocycles. The second-order valence-corrected chi connectivity index (χ2v) is 4.28. The molecular formula is C6H2BrClIN3. The zero-order valence-electron chi connectivity index (χ0n) is 5.63. The third-order valence-electron chi connectivity index (χ3n) is 1.35. The summed E-state index contributed by atoms with van der Waals surface area (Å²) >= 11 is 11.2. The minimum absolute atomic E-state index is 0.463. The van der Waals surface area contributed by atoms with Crippen LogP contribution >= 0.6 is 50.1 Å². The van der Waals surface area contributed by atoms with Gasteiger partial charge in [0.25, 0.3) is 0 Å². The van der Waals surface area contributed by atoms with E-state index in [0.29, 0.717) is 5.15 Å². The van der Waals surface area contributed by atoms with Crippen LogP contribution in [-0.4, -0.2) is 14.6 Å². The average molecular weight is 358 g/mol. The Kier molecular flexibility index (Phi) is 2.26. The molecule has 3 nitrogen and oxygen atoms in total. The van der Waals surface area contributed by atoms with Gasteiger partial charge in [0.1, 0.15) is 13.5 Å². The number of rotatable bonds is 0. The summed E-state index contributed by atoms with van der Waals surface area (Å²) < 4.78 is 3.40. The summed E-state index contributed by atoms with van der Waals surface area (Å²) in [7, 11) is 0. The van der Waals surface area contributed by atoms with E-state index in [1.807, 2.05) is 6.07 Å². The molecule has 0 saturated heterocycles. The van der Waals surface area contributed by atoms with Gasteiger partial charge in [-0.25, -0.2) is 9.50 Å². The molecule has 0 aliphatic rings. The SMILES string of the molecule is Clc1ccc2nc(Br)c(I)n2n1. The van der Waals surface area contributed by atoms with Crippen LogP contribution in [0.4, 0.5) is 0 Å². The zero-order valence-corrected chi connectivity index (χ0v) is 10.1. The molecule has 2 heterocycles. The first-order valence-corrected chi connectivity index (χ1v) is 5.30. The Bertz CT molecular complexity index is 442. The van der Waals surface area contributed by atoms with E-state index in [1.165, 1.54) is 0 Å². The van der Waals surface area contributed by atoms with E-state index in [0.717, 1.165) is 14.0 Å². The Morgan fingerprint density at radius 3 is 3.00 bits per heavy atom. The number of aromatic nitrogens is 3. The summed E-state index contributed by atoms with van der Waals surface area (Å²) in [5, 5.41) is 4.54.